The van der Waals surface area contributed by atoms with Gasteiger partial charge >= 0.3 is 5.97 Å². The molecule has 1 rings (SSSR count). The van der Waals surface area contributed by atoms with Crippen LogP contribution in [0.2, 0.25) is 0 Å². The SMILES string of the molecule is CC(C)(C)OC(=O)COCCOc1ccc([N+](=O)[O-])cc1. The zero-order valence-electron chi connectivity index (χ0n) is 12.3. The van der Waals surface area contributed by atoms with Gasteiger partial charge in [0.2, 0.25) is 0 Å². The number of carbonyl (C=O) groups is 1. The molecule has 0 radical (unpaired) electrons. The van der Waals surface area contributed by atoms with Crippen molar-refractivity contribution in [1.29, 1.82) is 0 Å². The Kier molecular flexibility index (Phi) is 6.10. The maximum absolute atomic E-state index is 11.3. The van der Waals surface area contributed by atoms with Gasteiger partial charge in [0.05, 0.1) is 11.5 Å². The Morgan fingerprint density at radius 3 is 2.33 bits per heavy atom. The van der Waals surface area contributed by atoms with Gasteiger partial charge < -0.3 is 14.2 Å². The van der Waals surface area contributed by atoms with Crippen molar-refractivity contribution in [3.8, 4) is 5.75 Å². The van der Waals surface area contributed by atoms with Gasteiger partial charge in [-0.25, -0.2) is 4.79 Å². The number of rotatable bonds is 7. The van der Waals surface area contributed by atoms with Crippen LogP contribution in [0.25, 0.3) is 0 Å². The molecule has 0 saturated carbocycles. The van der Waals surface area contributed by atoms with Gasteiger partial charge in [-0.3, -0.25) is 10.1 Å². The first-order chi connectivity index (χ1) is 9.78. The third-order valence-corrected chi connectivity index (χ3v) is 2.18. The highest BCUT2D eigenvalue weighted by atomic mass is 16.6. The first-order valence-corrected chi connectivity index (χ1v) is 6.45. The summed E-state index contributed by atoms with van der Waals surface area (Å²) in [6, 6.07) is 5.73. The zero-order valence-corrected chi connectivity index (χ0v) is 12.3. The van der Waals surface area contributed by atoms with E-state index in [4.69, 9.17) is 14.2 Å². The number of hydrogen-bond acceptors (Lipinski definition) is 6. The van der Waals surface area contributed by atoms with Crippen LogP contribution < -0.4 is 4.74 Å². The molecule has 0 bridgehead atoms. The Balaban J connectivity index is 2.19. The van der Waals surface area contributed by atoms with E-state index < -0.39 is 16.5 Å². The minimum atomic E-state index is -0.532. The summed E-state index contributed by atoms with van der Waals surface area (Å²) in [5.41, 5.74) is -0.529. The lowest BCUT2D eigenvalue weighted by Gasteiger charge is -2.19. The lowest BCUT2D eigenvalue weighted by Crippen LogP contribution is -2.27. The number of nitro groups is 1. The van der Waals surface area contributed by atoms with E-state index in [2.05, 4.69) is 0 Å². The van der Waals surface area contributed by atoms with Crippen LogP contribution in [0.4, 0.5) is 5.69 Å². The average molecular weight is 297 g/mol. The number of ether oxygens (including phenoxy) is 3. The third kappa shape index (κ3) is 7.26. The van der Waals surface area contributed by atoms with Crippen LogP contribution in [-0.2, 0) is 14.3 Å². The summed E-state index contributed by atoms with van der Waals surface area (Å²) in [6.07, 6.45) is 0. The number of nitro benzene ring substituents is 1. The average Bonchev–Trinajstić information content (AvgIpc) is 2.36. The van der Waals surface area contributed by atoms with Gasteiger partial charge in [0.1, 0.15) is 24.6 Å². The van der Waals surface area contributed by atoms with Gasteiger partial charge in [0, 0.05) is 12.1 Å². The van der Waals surface area contributed by atoms with Crippen LogP contribution >= 0.6 is 0 Å². The summed E-state index contributed by atoms with van der Waals surface area (Å²) in [4.78, 5) is 21.3. The van der Waals surface area contributed by atoms with Crippen LogP contribution in [0, 0.1) is 10.1 Å². The predicted molar refractivity (Wildman–Crippen MR) is 75.3 cm³/mol. The van der Waals surface area contributed by atoms with E-state index in [1.165, 1.54) is 24.3 Å². The maximum atomic E-state index is 11.3. The molecule has 0 aromatic heterocycles. The molecule has 116 valence electrons. The third-order valence-electron chi connectivity index (χ3n) is 2.18. The number of hydrogen-bond donors (Lipinski definition) is 0. The number of non-ortho nitro benzene ring substituents is 1. The summed E-state index contributed by atoms with van der Waals surface area (Å²) < 4.78 is 15.5. The molecule has 0 heterocycles. The summed E-state index contributed by atoms with van der Waals surface area (Å²) in [5, 5.41) is 10.5. The van der Waals surface area contributed by atoms with Gasteiger partial charge in [-0.1, -0.05) is 0 Å². The van der Waals surface area contributed by atoms with E-state index in [0.29, 0.717) is 5.75 Å². The van der Waals surface area contributed by atoms with E-state index in [0.717, 1.165) is 0 Å². The predicted octanol–water partition coefficient (Wildman–Crippen LogP) is 2.33. The topological polar surface area (TPSA) is 87.9 Å². The molecule has 21 heavy (non-hydrogen) atoms. The van der Waals surface area contributed by atoms with Gasteiger partial charge in [0.15, 0.2) is 0 Å². The second-order valence-electron chi connectivity index (χ2n) is 5.24. The second-order valence-corrected chi connectivity index (χ2v) is 5.24. The van der Waals surface area contributed by atoms with Crippen LogP contribution in [0.1, 0.15) is 20.8 Å². The molecule has 0 unspecified atom stereocenters. The van der Waals surface area contributed by atoms with Crippen molar-refractivity contribution < 1.29 is 23.9 Å². The number of benzene rings is 1. The van der Waals surface area contributed by atoms with E-state index in [1.807, 2.05) is 0 Å². The molecular weight excluding hydrogens is 278 g/mol. The van der Waals surface area contributed by atoms with Crippen molar-refractivity contribution >= 4 is 11.7 Å². The lowest BCUT2D eigenvalue weighted by atomic mass is 10.2. The molecule has 0 saturated heterocycles. The molecule has 0 N–H and O–H groups in total. The van der Waals surface area contributed by atoms with Crippen LogP contribution in [-0.4, -0.2) is 36.3 Å². The molecular formula is C14H19NO6. The number of nitrogens with zero attached hydrogens (tertiary/aromatic N) is 1. The molecule has 0 aliphatic carbocycles. The molecule has 0 aliphatic heterocycles. The minimum Gasteiger partial charge on any atom is -0.491 e. The number of esters is 1. The van der Waals surface area contributed by atoms with Crippen molar-refractivity contribution in [2.24, 2.45) is 0 Å². The fraction of sp³-hybridized carbons (Fsp3) is 0.500. The standard InChI is InChI=1S/C14H19NO6/c1-14(2,3)21-13(16)10-19-8-9-20-12-6-4-11(5-7-12)15(17)18/h4-7H,8-10H2,1-3H3. The van der Waals surface area contributed by atoms with Gasteiger partial charge in [-0.2, -0.15) is 0 Å². The summed E-state index contributed by atoms with van der Waals surface area (Å²) >= 11 is 0. The van der Waals surface area contributed by atoms with Crippen molar-refractivity contribution in [3.63, 3.8) is 0 Å². The van der Waals surface area contributed by atoms with Gasteiger partial charge in [-0.05, 0) is 32.9 Å². The Morgan fingerprint density at radius 2 is 1.81 bits per heavy atom. The van der Waals surface area contributed by atoms with Crippen molar-refractivity contribution in [3.05, 3.63) is 34.4 Å². The Hall–Kier alpha value is -2.15. The summed E-state index contributed by atoms with van der Waals surface area (Å²) in [5.74, 6) is 0.0688. The highest BCUT2D eigenvalue weighted by Gasteiger charge is 2.15. The van der Waals surface area contributed by atoms with E-state index in [1.54, 1.807) is 20.8 Å². The molecule has 7 heteroatoms. The fourth-order valence-electron chi connectivity index (χ4n) is 1.41. The van der Waals surface area contributed by atoms with E-state index in [-0.39, 0.29) is 25.5 Å². The highest BCUT2D eigenvalue weighted by molar-refractivity contribution is 5.71. The summed E-state index contributed by atoms with van der Waals surface area (Å²) in [6.45, 7) is 5.66. The Labute approximate surface area is 123 Å². The smallest absolute Gasteiger partial charge is 0.332 e. The first kappa shape index (κ1) is 16.9. The quantitative estimate of drug-likeness (QED) is 0.332. The molecule has 7 nitrogen and oxygen atoms in total. The fourth-order valence-corrected chi connectivity index (χ4v) is 1.41. The monoisotopic (exact) mass is 297 g/mol. The Morgan fingerprint density at radius 1 is 1.19 bits per heavy atom. The normalized spacial score (nSPS) is 11.0. The molecule has 1 aromatic rings. The van der Waals surface area contributed by atoms with Crippen LogP contribution in [0.3, 0.4) is 0 Å². The Bertz CT molecular complexity index is 477. The van der Waals surface area contributed by atoms with Gasteiger partial charge in [0.25, 0.3) is 5.69 Å². The number of carbonyl (C=O) groups excluding carboxylic acids is 1. The van der Waals surface area contributed by atoms with Crippen molar-refractivity contribution in [1.82, 2.24) is 0 Å². The van der Waals surface area contributed by atoms with Crippen molar-refractivity contribution in [2.45, 2.75) is 26.4 Å². The van der Waals surface area contributed by atoms with Gasteiger partial charge in [-0.15, -0.1) is 0 Å². The zero-order chi connectivity index (χ0) is 15.9. The van der Waals surface area contributed by atoms with E-state index >= 15 is 0 Å². The molecule has 0 amide bonds. The largest absolute Gasteiger partial charge is 0.491 e. The van der Waals surface area contributed by atoms with Crippen LogP contribution in [0.15, 0.2) is 24.3 Å². The highest BCUT2D eigenvalue weighted by Crippen LogP contribution is 2.17. The van der Waals surface area contributed by atoms with Crippen LogP contribution in [0.5, 0.6) is 5.75 Å². The molecule has 0 fully saturated rings. The molecule has 1 aromatic carbocycles. The molecule has 0 aliphatic rings. The van der Waals surface area contributed by atoms with E-state index in [9.17, 15) is 14.9 Å². The molecule has 0 atom stereocenters. The van der Waals surface area contributed by atoms with Crippen molar-refractivity contribution in [2.75, 3.05) is 19.8 Å². The second kappa shape index (κ2) is 7.58. The maximum Gasteiger partial charge on any atom is 0.332 e. The minimum absolute atomic E-state index is 0.00326. The molecule has 0 spiro atoms. The first-order valence-electron chi connectivity index (χ1n) is 6.45. The summed E-state index contributed by atoms with van der Waals surface area (Å²) in [7, 11) is 0. The lowest BCUT2D eigenvalue weighted by molar-refractivity contribution is -0.384.